The largest absolute Gasteiger partial charge is 0.476 e. The van der Waals surface area contributed by atoms with Gasteiger partial charge in [0.2, 0.25) is 5.88 Å². The number of pyridine rings is 1. The molecule has 1 rings (SSSR count). The Labute approximate surface area is 129 Å². The fourth-order valence-electron chi connectivity index (χ4n) is 2.32. The topological polar surface area (TPSA) is 37.4 Å². The molecular formula is C17H31N3O. The molecule has 21 heavy (non-hydrogen) atoms. The molecule has 0 spiro atoms. The third-order valence-electron chi connectivity index (χ3n) is 3.15. The second-order valence-corrected chi connectivity index (χ2v) is 7.01. The van der Waals surface area contributed by atoms with Gasteiger partial charge in [-0.3, -0.25) is 4.90 Å². The van der Waals surface area contributed by atoms with Crippen molar-refractivity contribution in [1.29, 1.82) is 0 Å². The van der Waals surface area contributed by atoms with Crippen LogP contribution in [0.5, 0.6) is 5.88 Å². The summed E-state index contributed by atoms with van der Waals surface area (Å²) < 4.78 is 5.80. The Morgan fingerprint density at radius 3 is 2.29 bits per heavy atom. The Kier molecular flexibility index (Phi) is 6.46. The summed E-state index contributed by atoms with van der Waals surface area (Å²) in [6.45, 7) is 16.8. The van der Waals surface area contributed by atoms with Gasteiger partial charge in [0.1, 0.15) is 12.4 Å². The first-order valence-corrected chi connectivity index (χ1v) is 7.83. The lowest BCUT2D eigenvalue weighted by molar-refractivity contribution is 0.140. The summed E-state index contributed by atoms with van der Waals surface area (Å²) in [4.78, 5) is 6.91. The molecule has 0 fully saturated rings. The molecular weight excluding hydrogens is 262 g/mol. The number of rotatable bonds is 7. The number of nitrogens with zero attached hydrogens (tertiary/aromatic N) is 2. The van der Waals surface area contributed by atoms with Crippen LogP contribution in [0.15, 0.2) is 18.2 Å². The van der Waals surface area contributed by atoms with Crippen LogP contribution in [0.4, 0.5) is 5.82 Å². The number of anilines is 1. The zero-order valence-electron chi connectivity index (χ0n) is 14.6. The lowest BCUT2D eigenvalue weighted by Crippen LogP contribution is -2.39. The first-order chi connectivity index (χ1) is 9.69. The molecule has 1 N–H and O–H groups in total. The quantitative estimate of drug-likeness (QED) is 0.830. The zero-order valence-corrected chi connectivity index (χ0v) is 14.6. The molecule has 1 aromatic heterocycles. The molecule has 0 amide bonds. The zero-order chi connectivity index (χ0) is 16.0. The van der Waals surface area contributed by atoms with Crippen molar-refractivity contribution < 1.29 is 4.74 Å². The highest BCUT2D eigenvalue weighted by molar-refractivity contribution is 5.39. The molecule has 0 aliphatic carbocycles. The van der Waals surface area contributed by atoms with Crippen LogP contribution in [-0.2, 0) is 0 Å². The summed E-state index contributed by atoms with van der Waals surface area (Å²) in [6.07, 6.45) is 0. The highest BCUT2D eigenvalue weighted by Crippen LogP contribution is 2.16. The van der Waals surface area contributed by atoms with Crippen LogP contribution < -0.4 is 10.1 Å². The van der Waals surface area contributed by atoms with Crippen molar-refractivity contribution in [2.75, 3.05) is 18.5 Å². The highest BCUT2D eigenvalue weighted by Gasteiger charge is 2.13. The maximum atomic E-state index is 5.80. The van der Waals surface area contributed by atoms with Gasteiger partial charge >= 0.3 is 0 Å². The number of hydrogen-bond donors (Lipinski definition) is 1. The molecule has 0 saturated carbocycles. The van der Waals surface area contributed by atoms with Crippen LogP contribution in [0.2, 0.25) is 0 Å². The summed E-state index contributed by atoms with van der Waals surface area (Å²) in [5.41, 5.74) is -0.00227. The first-order valence-electron chi connectivity index (χ1n) is 7.83. The van der Waals surface area contributed by atoms with Crippen LogP contribution >= 0.6 is 0 Å². The minimum Gasteiger partial charge on any atom is -0.476 e. The van der Waals surface area contributed by atoms with Crippen LogP contribution in [0.1, 0.15) is 48.5 Å². The van der Waals surface area contributed by atoms with Gasteiger partial charge in [0.05, 0.1) is 0 Å². The standard InChI is InChI=1S/C17H31N3O/c1-13(2)20(14(3)4)11-12-21-16-10-8-9-15(18-16)19-17(5,6)7/h8-10,13-14H,11-12H2,1-7H3,(H,18,19). The second kappa shape index (κ2) is 7.64. The van der Waals surface area contributed by atoms with Gasteiger partial charge in [-0.25, -0.2) is 0 Å². The fraction of sp³-hybridized carbons (Fsp3) is 0.706. The Morgan fingerprint density at radius 2 is 1.76 bits per heavy atom. The average molecular weight is 293 g/mol. The molecule has 1 heterocycles. The van der Waals surface area contributed by atoms with Crippen LogP contribution in [0, 0.1) is 0 Å². The summed E-state index contributed by atoms with van der Waals surface area (Å²) in [5.74, 6) is 1.53. The molecule has 4 nitrogen and oxygen atoms in total. The molecule has 0 radical (unpaired) electrons. The SMILES string of the molecule is CC(C)N(CCOc1cccc(NC(C)(C)C)n1)C(C)C. The van der Waals surface area contributed by atoms with Gasteiger partial charge in [-0.1, -0.05) is 6.07 Å². The highest BCUT2D eigenvalue weighted by atomic mass is 16.5. The molecule has 0 aromatic carbocycles. The number of hydrogen-bond acceptors (Lipinski definition) is 4. The Balaban J connectivity index is 2.54. The Bertz CT molecular complexity index is 416. The molecule has 120 valence electrons. The van der Waals surface area contributed by atoms with E-state index in [1.54, 1.807) is 0 Å². The minimum atomic E-state index is -0.00227. The summed E-state index contributed by atoms with van der Waals surface area (Å²) in [7, 11) is 0. The van der Waals surface area contributed by atoms with Crippen LogP contribution in [0.3, 0.4) is 0 Å². The number of nitrogens with one attached hydrogen (secondary N) is 1. The normalized spacial score (nSPS) is 12.3. The second-order valence-electron chi connectivity index (χ2n) is 7.01. The van der Waals surface area contributed by atoms with E-state index in [2.05, 4.69) is 63.7 Å². The van der Waals surface area contributed by atoms with Crippen molar-refractivity contribution in [2.24, 2.45) is 0 Å². The number of aromatic nitrogens is 1. The third kappa shape index (κ3) is 6.80. The number of ether oxygens (including phenoxy) is 1. The fourth-order valence-corrected chi connectivity index (χ4v) is 2.32. The van der Waals surface area contributed by atoms with E-state index in [1.807, 2.05) is 18.2 Å². The lowest BCUT2D eigenvalue weighted by Gasteiger charge is -2.30. The Hall–Kier alpha value is -1.29. The molecule has 4 heteroatoms. The van der Waals surface area contributed by atoms with E-state index in [0.29, 0.717) is 24.6 Å². The van der Waals surface area contributed by atoms with E-state index >= 15 is 0 Å². The molecule has 1 aromatic rings. The smallest absolute Gasteiger partial charge is 0.215 e. The van der Waals surface area contributed by atoms with Crippen molar-refractivity contribution in [1.82, 2.24) is 9.88 Å². The summed E-state index contributed by atoms with van der Waals surface area (Å²) in [5, 5.41) is 3.36. The molecule has 0 aliphatic heterocycles. The lowest BCUT2D eigenvalue weighted by atomic mass is 10.1. The van der Waals surface area contributed by atoms with Crippen molar-refractivity contribution in [3.8, 4) is 5.88 Å². The van der Waals surface area contributed by atoms with Gasteiger partial charge in [0.25, 0.3) is 0 Å². The maximum absolute atomic E-state index is 5.80. The molecule has 0 atom stereocenters. The Morgan fingerprint density at radius 1 is 1.14 bits per heavy atom. The molecule has 0 unspecified atom stereocenters. The first kappa shape index (κ1) is 17.8. The minimum absolute atomic E-state index is 0.00227. The van der Waals surface area contributed by atoms with E-state index in [4.69, 9.17) is 4.74 Å². The monoisotopic (exact) mass is 293 g/mol. The van der Waals surface area contributed by atoms with Gasteiger partial charge in [-0.2, -0.15) is 4.98 Å². The van der Waals surface area contributed by atoms with Crippen LogP contribution in [-0.4, -0.2) is 40.7 Å². The van der Waals surface area contributed by atoms with E-state index in [9.17, 15) is 0 Å². The summed E-state index contributed by atoms with van der Waals surface area (Å²) >= 11 is 0. The predicted molar refractivity (Wildman–Crippen MR) is 90.1 cm³/mol. The van der Waals surface area contributed by atoms with Crippen molar-refractivity contribution in [3.63, 3.8) is 0 Å². The van der Waals surface area contributed by atoms with Crippen molar-refractivity contribution in [3.05, 3.63) is 18.2 Å². The van der Waals surface area contributed by atoms with Gasteiger partial charge < -0.3 is 10.1 Å². The third-order valence-corrected chi connectivity index (χ3v) is 3.15. The molecule has 0 saturated heterocycles. The van der Waals surface area contributed by atoms with Crippen LogP contribution in [0.25, 0.3) is 0 Å². The average Bonchev–Trinajstić information content (AvgIpc) is 2.32. The van der Waals surface area contributed by atoms with Crippen molar-refractivity contribution in [2.45, 2.75) is 66.1 Å². The van der Waals surface area contributed by atoms with E-state index in [0.717, 1.165) is 12.4 Å². The molecule has 0 bridgehead atoms. The maximum Gasteiger partial charge on any atom is 0.215 e. The van der Waals surface area contributed by atoms with E-state index < -0.39 is 0 Å². The predicted octanol–water partition coefficient (Wildman–Crippen LogP) is 3.79. The van der Waals surface area contributed by atoms with Gasteiger partial charge in [0.15, 0.2) is 0 Å². The van der Waals surface area contributed by atoms with Crippen molar-refractivity contribution >= 4 is 5.82 Å². The molecule has 0 aliphatic rings. The summed E-state index contributed by atoms with van der Waals surface area (Å²) in [6, 6.07) is 6.89. The van der Waals surface area contributed by atoms with Gasteiger partial charge in [0, 0.05) is 30.2 Å². The van der Waals surface area contributed by atoms with E-state index in [-0.39, 0.29) is 5.54 Å². The van der Waals surface area contributed by atoms with E-state index in [1.165, 1.54) is 0 Å². The van der Waals surface area contributed by atoms with Gasteiger partial charge in [-0.15, -0.1) is 0 Å². The van der Waals surface area contributed by atoms with Gasteiger partial charge in [-0.05, 0) is 54.5 Å².